The lowest BCUT2D eigenvalue weighted by Crippen LogP contribution is -2.60. The van der Waals surface area contributed by atoms with Crippen LogP contribution in [0.25, 0.3) is 22.3 Å². The molecule has 7 aromatic carbocycles. The van der Waals surface area contributed by atoms with E-state index in [2.05, 4.69) is 223 Å². The molecule has 65 heavy (non-hydrogen) atoms. The molecule has 0 fully saturated rings. The van der Waals surface area contributed by atoms with Gasteiger partial charge in [0.2, 0.25) is 6.71 Å². The van der Waals surface area contributed by atoms with E-state index < -0.39 is 0 Å². The number of hydrogen-bond donors (Lipinski definition) is 0. The molecule has 2 unspecified atom stereocenters. The molecule has 0 saturated heterocycles. The Morgan fingerprint density at radius 2 is 1.00 bits per heavy atom. The van der Waals surface area contributed by atoms with Gasteiger partial charge in [-0.25, -0.2) is 0 Å². The molecule has 2 aliphatic carbocycles. The van der Waals surface area contributed by atoms with Gasteiger partial charge in [0.05, 0.1) is 0 Å². The van der Waals surface area contributed by atoms with E-state index in [1.807, 2.05) is 0 Å². The van der Waals surface area contributed by atoms with Crippen LogP contribution in [0.15, 0.2) is 140 Å². The van der Waals surface area contributed by atoms with Crippen LogP contribution in [-0.4, -0.2) is 6.71 Å². The van der Waals surface area contributed by atoms with Crippen LogP contribution in [0.4, 0.5) is 0 Å². The Hall–Kier alpha value is -5.40. The lowest BCUT2D eigenvalue weighted by molar-refractivity contribution is 0.332. The molecular weight excluding hydrogens is 780 g/mol. The molecule has 1 aliphatic heterocycles. The Bertz CT molecular complexity index is 2960. The molecule has 0 bridgehead atoms. The van der Waals surface area contributed by atoms with Crippen molar-refractivity contribution >= 4 is 23.1 Å². The number of benzene rings is 7. The number of rotatable bonds is 7. The molecule has 328 valence electrons. The summed E-state index contributed by atoms with van der Waals surface area (Å²) in [7, 11) is 0. The predicted octanol–water partition coefficient (Wildman–Crippen LogP) is 14.6. The second-order valence-corrected chi connectivity index (χ2v) is 23.3. The standard InChI is InChI=1S/C64H69B/c1-40-31-42(3)60-53(32-40)52(34-44-23-25-47(26-24-44)45-19-15-13-16-20-45)49-28-27-48(46-21-17-14-18-22-46)35-58(49)65(60)59-38-57-55(61(5,6)29-30-62(57,7)8)37-51(59)43(4)50-36-56-54(33-41(50)2)63(9,10)39-64(56,11)12/h13-28,31-33,35-38,43,52H,29-30,34,39H2,1-12H3. The fourth-order valence-electron chi connectivity index (χ4n) is 13.3. The van der Waals surface area contributed by atoms with Gasteiger partial charge in [0.25, 0.3) is 0 Å². The van der Waals surface area contributed by atoms with Crippen LogP contribution in [0, 0.1) is 20.8 Å². The minimum Gasteiger partial charge on any atom is -0.0646 e. The fourth-order valence-corrected chi connectivity index (χ4v) is 13.3. The summed E-state index contributed by atoms with van der Waals surface area (Å²) in [5.74, 6) is 0.428. The van der Waals surface area contributed by atoms with Gasteiger partial charge in [-0.1, -0.05) is 229 Å². The Labute approximate surface area is 392 Å². The van der Waals surface area contributed by atoms with Gasteiger partial charge in [-0.3, -0.25) is 0 Å². The van der Waals surface area contributed by atoms with Crippen molar-refractivity contribution in [2.75, 3.05) is 0 Å². The topological polar surface area (TPSA) is 0 Å². The molecule has 0 nitrogen and oxygen atoms in total. The molecule has 0 saturated carbocycles. The van der Waals surface area contributed by atoms with Crippen LogP contribution >= 0.6 is 0 Å². The molecule has 0 amide bonds. The molecule has 0 radical (unpaired) electrons. The summed E-state index contributed by atoms with van der Waals surface area (Å²) in [6.07, 6.45) is 4.51. The molecule has 0 spiro atoms. The van der Waals surface area contributed by atoms with Crippen molar-refractivity contribution in [3.8, 4) is 22.3 Å². The minimum atomic E-state index is 0.0729. The molecule has 10 rings (SSSR count). The molecule has 0 aromatic heterocycles. The van der Waals surface area contributed by atoms with E-state index in [4.69, 9.17) is 0 Å². The highest BCUT2D eigenvalue weighted by molar-refractivity contribution is 6.97. The highest BCUT2D eigenvalue weighted by Crippen LogP contribution is 2.52. The van der Waals surface area contributed by atoms with Crippen LogP contribution in [0.5, 0.6) is 0 Å². The van der Waals surface area contributed by atoms with E-state index in [1.165, 1.54) is 102 Å². The van der Waals surface area contributed by atoms with E-state index in [0.717, 1.165) is 6.42 Å². The molecular formula is C64H69B. The third-order valence-electron chi connectivity index (χ3n) is 16.7. The summed E-state index contributed by atoms with van der Waals surface area (Å²) in [5.41, 5.74) is 27.7. The third kappa shape index (κ3) is 7.46. The van der Waals surface area contributed by atoms with E-state index in [0.29, 0.717) is 0 Å². The summed E-state index contributed by atoms with van der Waals surface area (Å²) in [6.45, 7) is 29.6. The number of hydrogen-bond acceptors (Lipinski definition) is 0. The second-order valence-electron chi connectivity index (χ2n) is 23.3. The van der Waals surface area contributed by atoms with Gasteiger partial charge < -0.3 is 0 Å². The average Bonchev–Trinajstić information content (AvgIpc) is 3.46. The van der Waals surface area contributed by atoms with Crippen molar-refractivity contribution in [1.29, 1.82) is 0 Å². The first-order valence-electron chi connectivity index (χ1n) is 24.6. The maximum absolute atomic E-state index is 2.74. The Morgan fingerprint density at radius 3 is 1.63 bits per heavy atom. The molecule has 2 atom stereocenters. The molecule has 7 aromatic rings. The molecule has 1 heteroatoms. The highest BCUT2D eigenvalue weighted by atomic mass is 14.5. The second kappa shape index (κ2) is 15.6. The van der Waals surface area contributed by atoms with E-state index in [-0.39, 0.29) is 40.2 Å². The zero-order valence-corrected chi connectivity index (χ0v) is 41.3. The zero-order chi connectivity index (χ0) is 45.8. The first kappa shape index (κ1) is 43.5. The van der Waals surface area contributed by atoms with Gasteiger partial charge in [-0.15, -0.1) is 0 Å². The summed E-state index contributed by atoms with van der Waals surface area (Å²) in [6, 6.07) is 54.5. The zero-order valence-electron chi connectivity index (χ0n) is 41.3. The number of fused-ring (bicyclic) bond motifs is 4. The third-order valence-corrected chi connectivity index (χ3v) is 16.7. The van der Waals surface area contributed by atoms with Gasteiger partial charge in [-0.05, 0) is 146 Å². The molecule has 3 aliphatic rings. The smallest absolute Gasteiger partial charge is 0.0646 e. The summed E-state index contributed by atoms with van der Waals surface area (Å²) >= 11 is 0. The Morgan fingerprint density at radius 1 is 0.477 bits per heavy atom. The molecule has 1 heterocycles. The predicted molar refractivity (Wildman–Crippen MR) is 281 cm³/mol. The van der Waals surface area contributed by atoms with Gasteiger partial charge >= 0.3 is 0 Å². The quantitative estimate of drug-likeness (QED) is 0.140. The van der Waals surface area contributed by atoms with E-state index in [9.17, 15) is 0 Å². The van der Waals surface area contributed by atoms with Crippen LogP contribution in [0.2, 0.25) is 0 Å². The van der Waals surface area contributed by atoms with Gasteiger partial charge in [0, 0.05) is 11.8 Å². The monoisotopic (exact) mass is 849 g/mol. The largest absolute Gasteiger partial charge is 0.242 e. The van der Waals surface area contributed by atoms with Crippen molar-refractivity contribution in [3.63, 3.8) is 0 Å². The summed E-state index contributed by atoms with van der Waals surface area (Å²) < 4.78 is 0. The summed E-state index contributed by atoms with van der Waals surface area (Å²) in [4.78, 5) is 0. The maximum Gasteiger partial charge on any atom is 0.242 e. The van der Waals surface area contributed by atoms with E-state index >= 15 is 0 Å². The lowest BCUT2D eigenvalue weighted by atomic mass is 9.30. The highest BCUT2D eigenvalue weighted by Gasteiger charge is 2.45. The first-order valence-corrected chi connectivity index (χ1v) is 24.6. The van der Waals surface area contributed by atoms with Crippen molar-refractivity contribution in [3.05, 3.63) is 206 Å². The van der Waals surface area contributed by atoms with Crippen LogP contribution < -0.4 is 16.4 Å². The van der Waals surface area contributed by atoms with Crippen molar-refractivity contribution in [2.45, 2.75) is 142 Å². The average molecular weight is 849 g/mol. The van der Waals surface area contributed by atoms with Gasteiger partial charge in [-0.2, -0.15) is 0 Å². The van der Waals surface area contributed by atoms with Crippen molar-refractivity contribution in [1.82, 2.24) is 0 Å². The summed E-state index contributed by atoms with van der Waals surface area (Å²) in [5, 5.41) is 0. The van der Waals surface area contributed by atoms with Gasteiger partial charge in [0.1, 0.15) is 0 Å². The SMILES string of the molecule is Cc1cc(C)c2c(c1)C(Cc1ccc(-c3ccccc3)cc1)c1ccc(-c3ccccc3)cc1B2c1cc2c(cc1C(C)c1cc3c(cc1C)C(C)(C)CC3(C)C)C(C)(C)CCC2(C)C. The normalized spacial score (nSPS) is 18.9. The van der Waals surface area contributed by atoms with Crippen molar-refractivity contribution in [2.24, 2.45) is 0 Å². The molecule has 0 N–H and O–H groups in total. The Balaban J connectivity index is 1.23. The lowest BCUT2D eigenvalue weighted by Gasteiger charge is -2.44. The van der Waals surface area contributed by atoms with Crippen LogP contribution in [0.3, 0.4) is 0 Å². The van der Waals surface area contributed by atoms with E-state index in [1.54, 1.807) is 22.3 Å². The van der Waals surface area contributed by atoms with Gasteiger partial charge in [0.15, 0.2) is 0 Å². The Kier molecular flexibility index (Phi) is 10.4. The van der Waals surface area contributed by atoms with Crippen molar-refractivity contribution < 1.29 is 0 Å². The van der Waals surface area contributed by atoms with Crippen LogP contribution in [0.1, 0.15) is 160 Å². The first-order chi connectivity index (χ1) is 30.8. The van der Waals surface area contributed by atoms with Crippen LogP contribution in [-0.2, 0) is 28.1 Å². The maximum atomic E-state index is 2.74. The number of aryl methyl sites for hydroxylation is 3. The fraction of sp³-hybridized carbons (Fsp3) is 0.344. The minimum absolute atomic E-state index is 0.0729.